The SMILES string of the molecule is COC(=O)CN(C(=O)NC(C(=O)O)C(C)(C)C)C(C)C. The largest absolute Gasteiger partial charge is 0.480 e. The van der Waals surface area contributed by atoms with Gasteiger partial charge in [-0.25, -0.2) is 9.59 Å². The number of carbonyl (C=O) groups is 3. The quantitative estimate of drug-likeness (QED) is 0.738. The highest BCUT2D eigenvalue weighted by Crippen LogP contribution is 2.19. The van der Waals surface area contributed by atoms with E-state index in [1.807, 2.05) is 0 Å². The molecule has 0 saturated carbocycles. The Morgan fingerprint density at radius 1 is 1.25 bits per heavy atom. The molecule has 0 spiro atoms. The maximum atomic E-state index is 12.1. The topological polar surface area (TPSA) is 95.9 Å². The predicted octanol–water partition coefficient (Wildman–Crippen LogP) is 1.08. The van der Waals surface area contributed by atoms with E-state index in [0.717, 1.165) is 0 Å². The Labute approximate surface area is 119 Å². The van der Waals surface area contributed by atoms with Crippen LogP contribution in [-0.4, -0.2) is 53.7 Å². The van der Waals surface area contributed by atoms with Crippen molar-refractivity contribution in [2.75, 3.05) is 13.7 Å². The molecule has 1 atom stereocenters. The number of amides is 2. The van der Waals surface area contributed by atoms with Crippen molar-refractivity contribution in [3.8, 4) is 0 Å². The lowest BCUT2D eigenvalue weighted by Crippen LogP contribution is -2.55. The van der Waals surface area contributed by atoms with Gasteiger partial charge in [-0.05, 0) is 19.3 Å². The van der Waals surface area contributed by atoms with Gasteiger partial charge >= 0.3 is 18.0 Å². The lowest BCUT2D eigenvalue weighted by molar-refractivity contribution is -0.142. The van der Waals surface area contributed by atoms with Gasteiger partial charge in [0.25, 0.3) is 0 Å². The summed E-state index contributed by atoms with van der Waals surface area (Å²) in [6.07, 6.45) is 0. The van der Waals surface area contributed by atoms with E-state index in [9.17, 15) is 19.5 Å². The van der Waals surface area contributed by atoms with Crippen LogP contribution in [0, 0.1) is 5.41 Å². The summed E-state index contributed by atoms with van der Waals surface area (Å²) < 4.78 is 4.52. The number of aliphatic carboxylic acids is 1. The van der Waals surface area contributed by atoms with Crippen molar-refractivity contribution in [1.29, 1.82) is 0 Å². The number of esters is 1. The molecule has 2 N–H and O–H groups in total. The number of urea groups is 1. The van der Waals surface area contributed by atoms with Crippen molar-refractivity contribution >= 4 is 18.0 Å². The molecule has 0 aliphatic rings. The first-order chi connectivity index (χ1) is 9.00. The second-order valence-electron chi connectivity index (χ2n) is 5.88. The van der Waals surface area contributed by atoms with Crippen LogP contribution in [0.4, 0.5) is 4.79 Å². The van der Waals surface area contributed by atoms with Gasteiger partial charge in [-0.1, -0.05) is 20.8 Å². The fraction of sp³-hybridized carbons (Fsp3) is 0.769. The Bertz CT molecular complexity index is 373. The zero-order valence-corrected chi connectivity index (χ0v) is 12.9. The van der Waals surface area contributed by atoms with Crippen LogP contribution in [0.1, 0.15) is 34.6 Å². The number of methoxy groups -OCH3 is 1. The van der Waals surface area contributed by atoms with E-state index in [4.69, 9.17) is 0 Å². The average Bonchev–Trinajstić information content (AvgIpc) is 2.29. The standard InChI is InChI=1S/C13H24N2O5/c1-8(2)15(7-9(16)20-6)12(19)14-10(11(17)18)13(3,4)5/h8,10H,7H2,1-6H3,(H,14,19)(H,17,18). The summed E-state index contributed by atoms with van der Waals surface area (Å²) in [4.78, 5) is 35.9. The summed E-state index contributed by atoms with van der Waals surface area (Å²) in [5.41, 5.74) is -0.643. The van der Waals surface area contributed by atoms with Gasteiger partial charge in [0.05, 0.1) is 7.11 Å². The minimum Gasteiger partial charge on any atom is -0.480 e. The summed E-state index contributed by atoms with van der Waals surface area (Å²) in [6, 6.07) is -1.91. The highest BCUT2D eigenvalue weighted by molar-refractivity contribution is 5.85. The maximum absolute atomic E-state index is 12.1. The van der Waals surface area contributed by atoms with Gasteiger partial charge in [0.2, 0.25) is 0 Å². The second kappa shape index (κ2) is 7.12. The Kier molecular flexibility index (Phi) is 6.48. The molecular formula is C13H24N2O5. The number of carbonyl (C=O) groups excluding carboxylic acids is 2. The molecule has 0 aromatic rings. The molecule has 2 amide bonds. The van der Waals surface area contributed by atoms with Gasteiger partial charge in [0.1, 0.15) is 12.6 Å². The molecule has 0 rings (SSSR count). The minimum atomic E-state index is -1.12. The Morgan fingerprint density at radius 2 is 1.75 bits per heavy atom. The summed E-state index contributed by atoms with van der Waals surface area (Å²) >= 11 is 0. The first kappa shape index (κ1) is 18.2. The van der Waals surface area contributed by atoms with Crippen molar-refractivity contribution in [2.45, 2.75) is 46.7 Å². The monoisotopic (exact) mass is 288 g/mol. The Morgan fingerprint density at radius 3 is 2.05 bits per heavy atom. The highest BCUT2D eigenvalue weighted by Gasteiger charge is 2.34. The molecule has 0 fully saturated rings. The molecule has 0 saturated heterocycles. The van der Waals surface area contributed by atoms with Gasteiger partial charge in [-0.2, -0.15) is 0 Å². The van der Waals surface area contributed by atoms with E-state index in [-0.39, 0.29) is 12.6 Å². The van der Waals surface area contributed by atoms with Gasteiger partial charge in [-0.15, -0.1) is 0 Å². The molecule has 1 unspecified atom stereocenters. The zero-order chi connectivity index (χ0) is 16.1. The summed E-state index contributed by atoms with van der Waals surface area (Å²) in [6.45, 7) is 8.38. The number of carboxylic acid groups (broad SMARTS) is 1. The van der Waals surface area contributed by atoms with Gasteiger partial charge < -0.3 is 20.1 Å². The number of nitrogens with zero attached hydrogens (tertiary/aromatic N) is 1. The smallest absolute Gasteiger partial charge is 0.326 e. The van der Waals surface area contributed by atoms with Crippen LogP contribution in [0.5, 0.6) is 0 Å². The van der Waals surface area contributed by atoms with Crippen LogP contribution in [-0.2, 0) is 14.3 Å². The van der Waals surface area contributed by atoms with Crippen LogP contribution >= 0.6 is 0 Å². The number of nitrogens with one attached hydrogen (secondary N) is 1. The molecule has 0 radical (unpaired) electrons. The third-order valence-corrected chi connectivity index (χ3v) is 2.79. The third-order valence-electron chi connectivity index (χ3n) is 2.79. The Hall–Kier alpha value is -1.79. The van der Waals surface area contributed by atoms with Gasteiger partial charge in [-0.3, -0.25) is 4.79 Å². The molecule has 0 aromatic carbocycles. The van der Waals surface area contributed by atoms with Crippen molar-refractivity contribution < 1.29 is 24.2 Å². The number of carboxylic acids is 1. The minimum absolute atomic E-state index is 0.226. The van der Waals surface area contributed by atoms with Crippen molar-refractivity contribution in [1.82, 2.24) is 10.2 Å². The average molecular weight is 288 g/mol. The lowest BCUT2D eigenvalue weighted by atomic mass is 9.87. The molecule has 0 aliphatic heterocycles. The van der Waals surface area contributed by atoms with E-state index in [1.54, 1.807) is 34.6 Å². The van der Waals surface area contributed by atoms with Gasteiger partial charge in [0.15, 0.2) is 0 Å². The maximum Gasteiger partial charge on any atom is 0.326 e. The number of ether oxygens (including phenoxy) is 1. The number of rotatable bonds is 5. The Balaban J connectivity index is 4.99. The molecule has 0 heterocycles. The van der Waals surface area contributed by atoms with E-state index < -0.39 is 29.4 Å². The van der Waals surface area contributed by atoms with Crippen LogP contribution in [0.2, 0.25) is 0 Å². The summed E-state index contributed by atoms with van der Waals surface area (Å²) in [5.74, 6) is -1.68. The molecule has 7 heteroatoms. The molecule has 0 aromatic heterocycles. The number of hydrogen-bond donors (Lipinski definition) is 2. The van der Waals surface area contributed by atoms with E-state index in [0.29, 0.717) is 0 Å². The zero-order valence-electron chi connectivity index (χ0n) is 12.9. The molecule has 20 heavy (non-hydrogen) atoms. The van der Waals surface area contributed by atoms with Crippen LogP contribution < -0.4 is 5.32 Å². The summed E-state index contributed by atoms with van der Waals surface area (Å²) in [7, 11) is 1.23. The lowest BCUT2D eigenvalue weighted by Gasteiger charge is -2.32. The van der Waals surface area contributed by atoms with Crippen LogP contribution in [0.25, 0.3) is 0 Å². The van der Waals surface area contributed by atoms with E-state index >= 15 is 0 Å². The van der Waals surface area contributed by atoms with Crippen molar-refractivity contribution in [3.63, 3.8) is 0 Å². The number of hydrogen-bond acceptors (Lipinski definition) is 4. The molecule has 7 nitrogen and oxygen atoms in total. The first-order valence-corrected chi connectivity index (χ1v) is 6.37. The highest BCUT2D eigenvalue weighted by atomic mass is 16.5. The van der Waals surface area contributed by atoms with E-state index in [2.05, 4.69) is 10.1 Å². The van der Waals surface area contributed by atoms with Crippen LogP contribution in [0.15, 0.2) is 0 Å². The first-order valence-electron chi connectivity index (χ1n) is 6.37. The second-order valence-corrected chi connectivity index (χ2v) is 5.88. The molecule has 0 aliphatic carbocycles. The fourth-order valence-electron chi connectivity index (χ4n) is 1.55. The van der Waals surface area contributed by atoms with E-state index in [1.165, 1.54) is 12.0 Å². The molecule has 116 valence electrons. The fourth-order valence-corrected chi connectivity index (χ4v) is 1.55. The van der Waals surface area contributed by atoms with Crippen LogP contribution in [0.3, 0.4) is 0 Å². The summed E-state index contributed by atoms with van der Waals surface area (Å²) in [5, 5.41) is 11.6. The molecular weight excluding hydrogens is 264 g/mol. The normalized spacial score (nSPS) is 12.8. The van der Waals surface area contributed by atoms with Crippen molar-refractivity contribution in [2.24, 2.45) is 5.41 Å². The third kappa shape index (κ3) is 5.46. The van der Waals surface area contributed by atoms with Gasteiger partial charge in [0, 0.05) is 6.04 Å². The predicted molar refractivity (Wildman–Crippen MR) is 73.3 cm³/mol. The van der Waals surface area contributed by atoms with Crippen molar-refractivity contribution in [3.05, 3.63) is 0 Å². The molecule has 0 bridgehead atoms.